The minimum absolute atomic E-state index is 0.135. The molecular weight excluding hydrogens is 282 g/mol. The first-order valence-electron chi connectivity index (χ1n) is 6.91. The highest BCUT2D eigenvalue weighted by Crippen LogP contribution is 2.10. The van der Waals surface area contributed by atoms with Gasteiger partial charge >= 0.3 is 0 Å². The van der Waals surface area contributed by atoms with E-state index in [1.165, 1.54) is 18.3 Å². The molecular formula is C15H15N5O2. The van der Waals surface area contributed by atoms with E-state index in [1.54, 1.807) is 4.68 Å². The van der Waals surface area contributed by atoms with Crippen LogP contribution in [0.4, 0.5) is 0 Å². The molecule has 2 aromatic heterocycles. The summed E-state index contributed by atoms with van der Waals surface area (Å²) < 4.78 is 1.76. The van der Waals surface area contributed by atoms with Crippen molar-refractivity contribution in [3.05, 3.63) is 58.5 Å². The topological polar surface area (TPSA) is 92.7 Å². The molecule has 112 valence electrons. The summed E-state index contributed by atoms with van der Waals surface area (Å²) in [6.45, 7) is 2.40. The average molecular weight is 297 g/mol. The van der Waals surface area contributed by atoms with Crippen molar-refractivity contribution in [3.63, 3.8) is 0 Å². The minimum atomic E-state index is -0.242. The number of pyridine rings is 1. The van der Waals surface area contributed by atoms with Crippen molar-refractivity contribution in [2.45, 2.75) is 19.5 Å². The third kappa shape index (κ3) is 2.88. The molecule has 0 aliphatic heterocycles. The summed E-state index contributed by atoms with van der Waals surface area (Å²) in [5.41, 5.74) is 1.92. The highest BCUT2D eigenvalue weighted by Gasteiger charge is 2.12. The number of aromatic nitrogens is 4. The second kappa shape index (κ2) is 5.80. The van der Waals surface area contributed by atoms with Gasteiger partial charge in [-0.05, 0) is 25.1 Å². The summed E-state index contributed by atoms with van der Waals surface area (Å²) in [6, 6.07) is 10.3. The van der Waals surface area contributed by atoms with Gasteiger partial charge in [0, 0.05) is 18.3 Å². The predicted octanol–water partition coefficient (Wildman–Crippen LogP) is 0.938. The van der Waals surface area contributed by atoms with Crippen LogP contribution in [0.1, 0.15) is 17.3 Å². The Labute approximate surface area is 126 Å². The molecule has 2 N–H and O–H groups in total. The van der Waals surface area contributed by atoms with Gasteiger partial charge in [0.2, 0.25) is 5.56 Å². The normalized spacial score (nSPS) is 12.2. The van der Waals surface area contributed by atoms with E-state index in [2.05, 4.69) is 20.6 Å². The van der Waals surface area contributed by atoms with Crippen LogP contribution >= 0.6 is 0 Å². The van der Waals surface area contributed by atoms with Crippen LogP contribution in [0.5, 0.6) is 0 Å². The third-order valence-corrected chi connectivity index (χ3v) is 3.29. The van der Waals surface area contributed by atoms with Crippen molar-refractivity contribution < 1.29 is 4.79 Å². The van der Waals surface area contributed by atoms with E-state index in [9.17, 15) is 9.59 Å². The van der Waals surface area contributed by atoms with Crippen LogP contribution in [0.3, 0.4) is 0 Å². The SMILES string of the molecule is C[C@H](Cn1nnc2ccccc21)NC(=O)c1ccc(=O)[nH]c1. The lowest BCUT2D eigenvalue weighted by atomic mass is 10.2. The summed E-state index contributed by atoms with van der Waals surface area (Å²) >= 11 is 0. The number of rotatable bonds is 4. The Kier molecular flexibility index (Phi) is 3.69. The Hall–Kier alpha value is -2.96. The van der Waals surface area contributed by atoms with Gasteiger partial charge in [-0.2, -0.15) is 0 Å². The number of H-pyrrole nitrogens is 1. The van der Waals surface area contributed by atoms with Crippen molar-refractivity contribution in [2.75, 3.05) is 0 Å². The lowest BCUT2D eigenvalue weighted by molar-refractivity contribution is 0.0935. The number of nitrogens with one attached hydrogen (secondary N) is 2. The molecule has 22 heavy (non-hydrogen) atoms. The fourth-order valence-electron chi connectivity index (χ4n) is 2.22. The van der Waals surface area contributed by atoms with Gasteiger partial charge < -0.3 is 10.3 Å². The van der Waals surface area contributed by atoms with Crippen LogP contribution in [0, 0.1) is 0 Å². The number of carbonyl (C=O) groups is 1. The van der Waals surface area contributed by atoms with Crippen molar-refractivity contribution in [1.82, 2.24) is 25.3 Å². The maximum atomic E-state index is 12.1. The number of hydrogen-bond donors (Lipinski definition) is 2. The first kappa shape index (κ1) is 14.0. The van der Waals surface area contributed by atoms with Gasteiger partial charge in [-0.15, -0.1) is 5.10 Å². The molecule has 0 spiro atoms. The Morgan fingerprint density at radius 1 is 1.32 bits per heavy atom. The van der Waals surface area contributed by atoms with Crippen molar-refractivity contribution in [3.8, 4) is 0 Å². The monoisotopic (exact) mass is 297 g/mol. The number of benzene rings is 1. The lowest BCUT2D eigenvalue weighted by Gasteiger charge is -2.14. The Balaban J connectivity index is 1.69. The van der Waals surface area contributed by atoms with Gasteiger partial charge in [-0.1, -0.05) is 17.3 Å². The zero-order valence-corrected chi connectivity index (χ0v) is 12.0. The number of para-hydroxylation sites is 1. The summed E-state index contributed by atoms with van der Waals surface area (Å²) in [5, 5.41) is 11.0. The van der Waals surface area contributed by atoms with Crippen LogP contribution in [-0.2, 0) is 6.54 Å². The molecule has 0 aliphatic rings. The van der Waals surface area contributed by atoms with Gasteiger partial charge in [0.15, 0.2) is 0 Å². The fraction of sp³-hybridized carbons (Fsp3) is 0.200. The van der Waals surface area contributed by atoms with Gasteiger partial charge in [0.05, 0.1) is 17.6 Å². The molecule has 0 bridgehead atoms. The quantitative estimate of drug-likeness (QED) is 0.749. The molecule has 7 heteroatoms. The van der Waals surface area contributed by atoms with Crippen LogP contribution in [0.2, 0.25) is 0 Å². The largest absolute Gasteiger partial charge is 0.348 e. The molecule has 0 fully saturated rings. The molecule has 2 heterocycles. The minimum Gasteiger partial charge on any atom is -0.348 e. The molecule has 3 rings (SSSR count). The van der Waals surface area contributed by atoms with Crippen LogP contribution in [0.25, 0.3) is 11.0 Å². The van der Waals surface area contributed by atoms with E-state index in [1.807, 2.05) is 31.2 Å². The maximum Gasteiger partial charge on any atom is 0.253 e. The standard InChI is InChI=1S/C15H15N5O2/c1-10(17-15(22)11-6-7-14(21)16-8-11)9-20-13-5-3-2-4-12(13)18-19-20/h2-8,10H,9H2,1H3,(H,16,21)(H,17,22)/t10-/m1/s1. The van der Waals surface area contributed by atoms with Crippen molar-refractivity contribution in [1.29, 1.82) is 0 Å². The Morgan fingerprint density at radius 2 is 2.14 bits per heavy atom. The van der Waals surface area contributed by atoms with Crippen LogP contribution in [0.15, 0.2) is 47.4 Å². The predicted molar refractivity (Wildman–Crippen MR) is 81.5 cm³/mol. The summed E-state index contributed by atoms with van der Waals surface area (Å²) in [7, 11) is 0. The van der Waals surface area contributed by atoms with E-state index in [-0.39, 0.29) is 17.5 Å². The van der Waals surface area contributed by atoms with Gasteiger partial charge in [0.25, 0.3) is 5.91 Å². The number of aromatic amines is 1. The summed E-state index contributed by atoms with van der Waals surface area (Å²) in [4.78, 5) is 25.6. The number of carbonyl (C=O) groups excluding carboxylic acids is 1. The summed E-state index contributed by atoms with van der Waals surface area (Å²) in [5.74, 6) is -0.242. The Morgan fingerprint density at radius 3 is 2.91 bits per heavy atom. The first-order chi connectivity index (χ1) is 10.6. The molecule has 1 atom stereocenters. The molecule has 0 aliphatic carbocycles. The third-order valence-electron chi connectivity index (χ3n) is 3.29. The molecule has 0 unspecified atom stereocenters. The van der Waals surface area contributed by atoms with E-state index < -0.39 is 0 Å². The van der Waals surface area contributed by atoms with Gasteiger partial charge in [0.1, 0.15) is 5.52 Å². The van der Waals surface area contributed by atoms with E-state index in [4.69, 9.17) is 0 Å². The lowest BCUT2D eigenvalue weighted by Crippen LogP contribution is -2.36. The zero-order valence-electron chi connectivity index (χ0n) is 12.0. The molecule has 0 saturated heterocycles. The second-order valence-corrected chi connectivity index (χ2v) is 5.08. The molecule has 1 aromatic carbocycles. The average Bonchev–Trinajstić information content (AvgIpc) is 2.91. The second-order valence-electron chi connectivity index (χ2n) is 5.08. The van der Waals surface area contributed by atoms with Crippen LogP contribution in [-0.4, -0.2) is 31.9 Å². The van der Waals surface area contributed by atoms with Crippen molar-refractivity contribution in [2.24, 2.45) is 0 Å². The molecule has 1 amide bonds. The van der Waals surface area contributed by atoms with E-state index in [0.717, 1.165) is 11.0 Å². The highest BCUT2D eigenvalue weighted by molar-refractivity contribution is 5.93. The summed E-state index contributed by atoms with van der Waals surface area (Å²) in [6.07, 6.45) is 1.40. The van der Waals surface area contributed by atoms with E-state index >= 15 is 0 Å². The fourth-order valence-corrected chi connectivity index (χ4v) is 2.22. The van der Waals surface area contributed by atoms with Gasteiger partial charge in [-0.3, -0.25) is 9.59 Å². The smallest absolute Gasteiger partial charge is 0.253 e. The number of fused-ring (bicyclic) bond motifs is 1. The van der Waals surface area contributed by atoms with Gasteiger partial charge in [-0.25, -0.2) is 4.68 Å². The van der Waals surface area contributed by atoms with Crippen molar-refractivity contribution >= 4 is 16.9 Å². The number of amides is 1. The molecule has 0 radical (unpaired) electrons. The van der Waals surface area contributed by atoms with E-state index in [0.29, 0.717) is 12.1 Å². The first-order valence-corrected chi connectivity index (χ1v) is 6.91. The van der Waals surface area contributed by atoms with Crippen LogP contribution < -0.4 is 10.9 Å². The zero-order chi connectivity index (χ0) is 15.5. The highest BCUT2D eigenvalue weighted by atomic mass is 16.2. The molecule has 7 nitrogen and oxygen atoms in total. The Bertz CT molecular complexity index is 847. The molecule has 0 saturated carbocycles. The number of hydrogen-bond acceptors (Lipinski definition) is 4. The number of nitrogens with zero attached hydrogens (tertiary/aromatic N) is 3. The molecule has 3 aromatic rings. The maximum absolute atomic E-state index is 12.1.